The monoisotopic (exact) mass is 198 g/mol. The molecule has 1 aliphatic rings. The fraction of sp³-hybridized carbons (Fsp3) is 0.714. The Balaban J connectivity index is 0. The highest BCUT2D eigenvalue weighted by molar-refractivity contribution is 5.85. The molecule has 2 atom stereocenters. The first kappa shape index (κ1) is 13.8. The molecule has 0 spiro atoms. The Morgan fingerprint density at radius 2 is 1.73 bits per heavy atom. The largest absolute Gasteiger partial charge is 0.330 e. The lowest BCUT2D eigenvalue weighted by molar-refractivity contribution is 0.420. The van der Waals surface area contributed by atoms with Crippen LogP contribution in [0.3, 0.4) is 0 Å². The van der Waals surface area contributed by atoms with Crippen LogP contribution in [-0.4, -0.2) is 12.6 Å². The van der Waals surface area contributed by atoms with Gasteiger partial charge in [0.15, 0.2) is 0 Å². The minimum absolute atomic E-state index is 0. The van der Waals surface area contributed by atoms with Gasteiger partial charge < -0.3 is 11.5 Å². The number of rotatable bonds is 1. The normalized spacial score (nSPS) is 28.5. The van der Waals surface area contributed by atoms with E-state index in [1.165, 1.54) is 0 Å². The third-order valence-electron chi connectivity index (χ3n) is 1.92. The molecule has 0 saturated heterocycles. The smallest absolute Gasteiger partial charge is 0.0117 e. The average Bonchev–Trinajstić information content (AvgIpc) is 1.89. The predicted molar refractivity (Wildman–Crippen MR) is 53.4 cm³/mol. The van der Waals surface area contributed by atoms with Crippen LogP contribution < -0.4 is 11.5 Å². The zero-order valence-electron chi connectivity index (χ0n) is 6.40. The summed E-state index contributed by atoms with van der Waals surface area (Å²) in [5.41, 5.74) is 11.2. The molecule has 0 aliphatic heterocycles. The summed E-state index contributed by atoms with van der Waals surface area (Å²) >= 11 is 0. The van der Waals surface area contributed by atoms with Crippen LogP contribution in [0.25, 0.3) is 0 Å². The van der Waals surface area contributed by atoms with Crippen molar-refractivity contribution in [3.8, 4) is 0 Å². The Bertz CT molecular complexity index is 117. The van der Waals surface area contributed by atoms with Crippen molar-refractivity contribution in [1.82, 2.24) is 0 Å². The maximum Gasteiger partial charge on any atom is 0.0117 e. The second-order valence-electron chi connectivity index (χ2n) is 2.60. The zero-order valence-corrected chi connectivity index (χ0v) is 8.03. The van der Waals surface area contributed by atoms with Gasteiger partial charge in [-0.05, 0) is 25.3 Å². The van der Waals surface area contributed by atoms with Gasteiger partial charge in [-0.15, -0.1) is 24.8 Å². The van der Waals surface area contributed by atoms with Crippen LogP contribution in [0.5, 0.6) is 0 Å². The molecule has 0 heterocycles. The van der Waals surface area contributed by atoms with E-state index < -0.39 is 0 Å². The molecular formula is C7H16Cl2N2. The maximum atomic E-state index is 5.76. The molecule has 0 bridgehead atoms. The molecule has 0 amide bonds. The molecule has 4 heteroatoms. The van der Waals surface area contributed by atoms with Crippen LogP contribution in [0.4, 0.5) is 0 Å². The fourth-order valence-corrected chi connectivity index (χ4v) is 1.16. The summed E-state index contributed by atoms with van der Waals surface area (Å²) in [5.74, 6) is 0.523. The first-order valence-corrected chi connectivity index (χ1v) is 3.45. The molecule has 2 nitrogen and oxygen atoms in total. The number of halogens is 2. The highest BCUT2D eigenvalue weighted by Crippen LogP contribution is 2.15. The van der Waals surface area contributed by atoms with Crippen molar-refractivity contribution in [3.05, 3.63) is 12.2 Å². The van der Waals surface area contributed by atoms with Gasteiger partial charge in [0.1, 0.15) is 0 Å². The van der Waals surface area contributed by atoms with Crippen molar-refractivity contribution in [2.75, 3.05) is 6.54 Å². The lowest BCUT2D eigenvalue weighted by atomic mass is 9.90. The van der Waals surface area contributed by atoms with Crippen LogP contribution in [0.1, 0.15) is 12.8 Å². The number of hydrogen-bond donors (Lipinski definition) is 2. The Labute approximate surface area is 80.2 Å². The van der Waals surface area contributed by atoms with Crippen molar-refractivity contribution in [3.63, 3.8) is 0 Å². The molecule has 0 aromatic rings. The molecule has 11 heavy (non-hydrogen) atoms. The topological polar surface area (TPSA) is 52.0 Å². The van der Waals surface area contributed by atoms with Gasteiger partial charge in [0.25, 0.3) is 0 Å². The summed E-state index contributed by atoms with van der Waals surface area (Å²) < 4.78 is 0. The minimum atomic E-state index is 0. The SMILES string of the molecule is Cl.Cl.NCC1CC=CCC1N. The van der Waals surface area contributed by atoms with Gasteiger partial charge in [0.05, 0.1) is 0 Å². The van der Waals surface area contributed by atoms with Gasteiger partial charge in [0.2, 0.25) is 0 Å². The van der Waals surface area contributed by atoms with Gasteiger partial charge in [-0.25, -0.2) is 0 Å². The molecule has 1 rings (SSSR count). The highest BCUT2D eigenvalue weighted by atomic mass is 35.5. The Hall–Kier alpha value is 0.240. The third kappa shape index (κ3) is 3.97. The summed E-state index contributed by atoms with van der Waals surface area (Å²) in [6.07, 6.45) is 6.37. The summed E-state index contributed by atoms with van der Waals surface area (Å²) in [5, 5.41) is 0. The van der Waals surface area contributed by atoms with Gasteiger partial charge in [-0.1, -0.05) is 12.2 Å². The average molecular weight is 199 g/mol. The van der Waals surface area contributed by atoms with Crippen LogP contribution in [0.15, 0.2) is 12.2 Å². The quantitative estimate of drug-likeness (QED) is 0.621. The predicted octanol–water partition coefficient (Wildman–Crippen LogP) is 1.08. The van der Waals surface area contributed by atoms with E-state index in [4.69, 9.17) is 11.5 Å². The van der Waals surface area contributed by atoms with E-state index >= 15 is 0 Å². The van der Waals surface area contributed by atoms with Crippen LogP contribution >= 0.6 is 24.8 Å². The summed E-state index contributed by atoms with van der Waals surface area (Å²) in [4.78, 5) is 0. The first-order valence-electron chi connectivity index (χ1n) is 3.45. The minimum Gasteiger partial charge on any atom is -0.330 e. The third-order valence-corrected chi connectivity index (χ3v) is 1.92. The molecular weight excluding hydrogens is 183 g/mol. The Morgan fingerprint density at radius 3 is 2.09 bits per heavy atom. The second-order valence-corrected chi connectivity index (χ2v) is 2.60. The lowest BCUT2D eigenvalue weighted by Crippen LogP contribution is -2.35. The molecule has 68 valence electrons. The van der Waals surface area contributed by atoms with Crippen LogP contribution in [0.2, 0.25) is 0 Å². The Morgan fingerprint density at radius 1 is 1.18 bits per heavy atom. The standard InChI is InChI=1S/C7H14N2.2ClH/c8-5-6-3-1-2-4-7(6)9;;/h1-2,6-7H,3-5,8-9H2;2*1H. The molecule has 0 fully saturated rings. The van der Waals surface area contributed by atoms with Crippen molar-refractivity contribution < 1.29 is 0 Å². The number of nitrogens with two attached hydrogens (primary N) is 2. The number of hydrogen-bond acceptors (Lipinski definition) is 2. The van der Waals surface area contributed by atoms with E-state index in [2.05, 4.69) is 12.2 Å². The van der Waals surface area contributed by atoms with E-state index in [1.54, 1.807) is 0 Å². The van der Waals surface area contributed by atoms with Crippen molar-refractivity contribution in [2.45, 2.75) is 18.9 Å². The molecule has 0 radical (unpaired) electrons. The highest BCUT2D eigenvalue weighted by Gasteiger charge is 2.15. The lowest BCUT2D eigenvalue weighted by Gasteiger charge is -2.22. The summed E-state index contributed by atoms with van der Waals surface area (Å²) in [6, 6.07) is 0.306. The Kier molecular flexibility index (Phi) is 8.68. The summed E-state index contributed by atoms with van der Waals surface area (Å²) in [7, 11) is 0. The van der Waals surface area contributed by atoms with Gasteiger partial charge in [-0.3, -0.25) is 0 Å². The van der Waals surface area contributed by atoms with Gasteiger partial charge in [-0.2, -0.15) is 0 Å². The van der Waals surface area contributed by atoms with Gasteiger partial charge >= 0.3 is 0 Å². The molecule has 0 aromatic carbocycles. The molecule has 0 saturated carbocycles. The van der Waals surface area contributed by atoms with Crippen molar-refractivity contribution in [2.24, 2.45) is 17.4 Å². The second kappa shape index (κ2) is 6.92. The van der Waals surface area contributed by atoms with Crippen molar-refractivity contribution in [1.29, 1.82) is 0 Å². The van der Waals surface area contributed by atoms with E-state index in [1.807, 2.05) is 0 Å². The van der Waals surface area contributed by atoms with E-state index in [0.29, 0.717) is 12.0 Å². The van der Waals surface area contributed by atoms with Crippen LogP contribution in [0, 0.1) is 5.92 Å². The van der Waals surface area contributed by atoms with Crippen LogP contribution in [-0.2, 0) is 0 Å². The molecule has 0 aromatic heterocycles. The van der Waals surface area contributed by atoms with Crippen molar-refractivity contribution >= 4 is 24.8 Å². The van der Waals surface area contributed by atoms with Gasteiger partial charge in [0, 0.05) is 6.04 Å². The first-order chi connectivity index (χ1) is 4.34. The van der Waals surface area contributed by atoms with E-state index in [-0.39, 0.29) is 24.8 Å². The zero-order chi connectivity index (χ0) is 6.69. The van der Waals surface area contributed by atoms with E-state index in [9.17, 15) is 0 Å². The van der Waals surface area contributed by atoms with E-state index in [0.717, 1.165) is 19.4 Å². The molecule has 1 aliphatic carbocycles. The number of allylic oxidation sites excluding steroid dienone is 1. The maximum absolute atomic E-state index is 5.76. The molecule has 4 N–H and O–H groups in total. The summed E-state index contributed by atoms with van der Waals surface area (Å²) in [6.45, 7) is 0.728. The fourth-order valence-electron chi connectivity index (χ4n) is 1.16. The molecule has 2 unspecified atom stereocenters.